The van der Waals surface area contributed by atoms with Gasteiger partial charge in [-0.25, -0.2) is 0 Å². The number of pyridine rings is 1. The van der Waals surface area contributed by atoms with E-state index in [2.05, 4.69) is 4.98 Å². The predicted molar refractivity (Wildman–Crippen MR) is 80.9 cm³/mol. The van der Waals surface area contributed by atoms with Crippen molar-refractivity contribution in [3.8, 4) is 6.07 Å². The maximum atomic E-state index is 12.5. The summed E-state index contributed by atoms with van der Waals surface area (Å²) in [6.45, 7) is 0. The van der Waals surface area contributed by atoms with Gasteiger partial charge < -0.3 is 0 Å². The van der Waals surface area contributed by atoms with Crippen molar-refractivity contribution in [2.24, 2.45) is 0 Å². The summed E-state index contributed by atoms with van der Waals surface area (Å²) in [5.74, 6) is 0. The topological polar surface area (TPSA) is 36.7 Å². The number of allylic oxidation sites excluding steroid dienone is 1. The van der Waals surface area contributed by atoms with Crippen LogP contribution in [0.5, 0.6) is 0 Å². The molecule has 0 saturated heterocycles. The minimum Gasteiger partial charge on any atom is -0.255 e. The van der Waals surface area contributed by atoms with Crippen LogP contribution in [0.15, 0.2) is 47.5 Å². The molecule has 1 aromatic heterocycles. The van der Waals surface area contributed by atoms with Crippen LogP contribution in [-0.2, 0) is 6.18 Å². The Morgan fingerprint density at radius 1 is 1.18 bits per heavy atom. The lowest BCUT2D eigenvalue weighted by Gasteiger charge is -2.06. The lowest BCUT2D eigenvalue weighted by Crippen LogP contribution is -2.05. The molecule has 0 aliphatic heterocycles. The van der Waals surface area contributed by atoms with E-state index in [0.29, 0.717) is 0 Å². The number of nitriles is 1. The van der Waals surface area contributed by atoms with E-state index >= 15 is 0 Å². The minimum absolute atomic E-state index is 0.212. The van der Waals surface area contributed by atoms with Crippen LogP contribution in [0.1, 0.15) is 16.8 Å². The third-order valence-corrected chi connectivity index (χ3v) is 3.66. The summed E-state index contributed by atoms with van der Waals surface area (Å²) < 4.78 is 37.5. The molecule has 0 atom stereocenters. The highest BCUT2D eigenvalue weighted by Crippen LogP contribution is 2.29. The average Bonchev–Trinajstić information content (AvgIpc) is 2.52. The van der Waals surface area contributed by atoms with Crippen molar-refractivity contribution in [2.75, 3.05) is 6.26 Å². The van der Waals surface area contributed by atoms with Gasteiger partial charge in [0.15, 0.2) is 0 Å². The standard InChI is InChI=1S/C16H11F3N2S/c1-22-14-5-2-11(3-6-14)8-12(9-20)15-7-4-13(10-21-15)16(17,18)19/h2-8,10H,1H3/b12-8+. The maximum Gasteiger partial charge on any atom is 0.417 e. The van der Waals surface area contributed by atoms with Crippen molar-refractivity contribution < 1.29 is 13.2 Å². The Morgan fingerprint density at radius 2 is 1.86 bits per heavy atom. The van der Waals surface area contributed by atoms with Crippen LogP contribution in [0, 0.1) is 11.3 Å². The molecule has 0 N–H and O–H groups in total. The first kappa shape index (κ1) is 16.1. The lowest BCUT2D eigenvalue weighted by atomic mass is 10.1. The number of nitrogens with zero attached hydrogens (tertiary/aromatic N) is 2. The summed E-state index contributed by atoms with van der Waals surface area (Å²) in [5.41, 5.74) is 0.379. The summed E-state index contributed by atoms with van der Waals surface area (Å²) >= 11 is 1.60. The first-order valence-electron chi connectivity index (χ1n) is 6.23. The van der Waals surface area contributed by atoms with Crippen LogP contribution in [0.25, 0.3) is 11.6 Å². The number of hydrogen-bond acceptors (Lipinski definition) is 3. The second kappa shape index (κ2) is 6.67. The summed E-state index contributed by atoms with van der Waals surface area (Å²) in [4.78, 5) is 4.82. The SMILES string of the molecule is CSc1ccc(/C=C(\C#N)c2ccc(C(F)(F)F)cn2)cc1. The Morgan fingerprint density at radius 3 is 2.32 bits per heavy atom. The zero-order chi connectivity index (χ0) is 16.2. The Kier molecular flexibility index (Phi) is 4.88. The summed E-state index contributed by atoms with van der Waals surface area (Å²) in [6.07, 6.45) is -0.148. The lowest BCUT2D eigenvalue weighted by molar-refractivity contribution is -0.137. The molecule has 0 amide bonds. The second-order valence-electron chi connectivity index (χ2n) is 4.37. The molecule has 1 heterocycles. The third kappa shape index (κ3) is 3.89. The highest BCUT2D eigenvalue weighted by atomic mass is 32.2. The number of alkyl halides is 3. The zero-order valence-corrected chi connectivity index (χ0v) is 12.4. The van der Waals surface area contributed by atoms with E-state index in [1.54, 1.807) is 17.8 Å². The van der Waals surface area contributed by atoms with E-state index in [-0.39, 0.29) is 11.3 Å². The molecule has 2 aromatic rings. The molecule has 0 unspecified atom stereocenters. The Bertz CT molecular complexity index is 711. The van der Waals surface area contributed by atoms with Crippen molar-refractivity contribution in [3.05, 3.63) is 59.4 Å². The highest BCUT2D eigenvalue weighted by Gasteiger charge is 2.30. The molecule has 0 fully saturated rings. The van der Waals surface area contributed by atoms with Gasteiger partial charge in [-0.1, -0.05) is 12.1 Å². The Hall–Kier alpha value is -2.26. The quantitative estimate of drug-likeness (QED) is 0.597. The van der Waals surface area contributed by atoms with Gasteiger partial charge in [0.05, 0.1) is 16.8 Å². The fourth-order valence-electron chi connectivity index (χ4n) is 1.75. The molecule has 0 spiro atoms. The van der Waals surface area contributed by atoms with Crippen LogP contribution in [0.4, 0.5) is 13.2 Å². The van der Waals surface area contributed by atoms with Gasteiger partial charge in [-0.15, -0.1) is 11.8 Å². The third-order valence-electron chi connectivity index (χ3n) is 2.91. The number of halogens is 3. The van der Waals surface area contributed by atoms with Crippen molar-refractivity contribution in [1.29, 1.82) is 5.26 Å². The molecule has 22 heavy (non-hydrogen) atoms. The second-order valence-corrected chi connectivity index (χ2v) is 5.25. The van der Waals surface area contributed by atoms with Crippen LogP contribution in [0.3, 0.4) is 0 Å². The molecule has 1 aromatic carbocycles. The number of hydrogen-bond donors (Lipinski definition) is 0. The van der Waals surface area contributed by atoms with E-state index in [0.717, 1.165) is 22.7 Å². The first-order valence-corrected chi connectivity index (χ1v) is 7.46. The van der Waals surface area contributed by atoms with Gasteiger partial charge in [-0.2, -0.15) is 18.4 Å². The van der Waals surface area contributed by atoms with E-state index in [1.165, 1.54) is 6.07 Å². The van der Waals surface area contributed by atoms with Crippen molar-refractivity contribution in [2.45, 2.75) is 11.1 Å². The molecular weight excluding hydrogens is 309 g/mol. The molecule has 2 rings (SSSR count). The van der Waals surface area contributed by atoms with E-state index in [4.69, 9.17) is 0 Å². The minimum atomic E-state index is -4.43. The van der Waals surface area contributed by atoms with Gasteiger partial charge in [0, 0.05) is 11.1 Å². The summed E-state index contributed by atoms with van der Waals surface area (Å²) in [6, 6.07) is 11.6. The van der Waals surface area contributed by atoms with Crippen molar-refractivity contribution in [3.63, 3.8) is 0 Å². The molecule has 0 bridgehead atoms. The van der Waals surface area contributed by atoms with Crippen LogP contribution in [0.2, 0.25) is 0 Å². The zero-order valence-electron chi connectivity index (χ0n) is 11.6. The largest absolute Gasteiger partial charge is 0.417 e. The molecule has 0 radical (unpaired) electrons. The van der Waals surface area contributed by atoms with Crippen molar-refractivity contribution in [1.82, 2.24) is 4.98 Å². The van der Waals surface area contributed by atoms with Gasteiger partial charge >= 0.3 is 6.18 Å². The van der Waals surface area contributed by atoms with Crippen LogP contribution >= 0.6 is 11.8 Å². The molecule has 0 aliphatic carbocycles. The van der Waals surface area contributed by atoms with E-state index in [1.807, 2.05) is 36.6 Å². The van der Waals surface area contributed by atoms with Gasteiger partial charge in [-0.3, -0.25) is 4.98 Å². The van der Waals surface area contributed by atoms with E-state index in [9.17, 15) is 18.4 Å². The number of rotatable bonds is 3. The fourth-order valence-corrected chi connectivity index (χ4v) is 2.16. The molecular formula is C16H11F3N2S. The summed E-state index contributed by atoms with van der Waals surface area (Å²) in [7, 11) is 0. The monoisotopic (exact) mass is 320 g/mol. The molecule has 112 valence electrons. The number of thioether (sulfide) groups is 1. The molecule has 6 heteroatoms. The molecule has 2 nitrogen and oxygen atoms in total. The first-order chi connectivity index (χ1) is 10.4. The van der Waals surface area contributed by atoms with Crippen molar-refractivity contribution >= 4 is 23.4 Å². The van der Waals surface area contributed by atoms with Crippen LogP contribution in [-0.4, -0.2) is 11.2 Å². The average molecular weight is 320 g/mol. The van der Waals surface area contributed by atoms with Gasteiger partial charge in [-0.05, 0) is 42.2 Å². The Balaban J connectivity index is 2.31. The predicted octanol–water partition coefficient (Wildman–Crippen LogP) is 4.89. The fraction of sp³-hybridized carbons (Fsp3) is 0.125. The molecule has 0 aliphatic rings. The van der Waals surface area contributed by atoms with Crippen LogP contribution < -0.4 is 0 Å². The Labute approximate surface area is 130 Å². The maximum absolute atomic E-state index is 12.5. The smallest absolute Gasteiger partial charge is 0.255 e. The van der Waals surface area contributed by atoms with Gasteiger partial charge in [0.2, 0.25) is 0 Å². The van der Waals surface area contributed by atoms with E-state index < -0.39 is 11.7 Å². The summed E-state index contributed by atoms with van der Waals surface area (Å²) in [5, 5.41) is 9.19. The van der Waals surface area contributed by atoms with Gasteiger partial charge in [0.25, 0.3) is 0 Å². The number of benzene rings is 1. The normalized spacial score (nSPS) is 12.0. The molecule has 0 saturated carbocycles. The highest BCUT2D eigenvalue weighted by molar-refractivity contribution is 7.98. The van der Waals surface area contributed by atoms with Gasteiger partial charge in [0.1, 0.15) is 6.07 Å². The number of aromatic nitrogens is 1.